The van der Waals surface area contributed by atoms with Crippen LogP contribution >= 0.6 is 0 Å². The molecule has 122 valence electrons. The van der Waals surface area contributed by atoms with E-state index in [9.17, 15) is 18.0 Å². The van der Waals surface area contributed by atoms with Crippen molar-refractivity contribution in [3.63, 3.8) is 0 Å². The Morgan fingerprint density at radius 2 is 1.67 bits per heavy atom. The van der Waals surface area contributed by atoms with Crippen LogP contribution in [-0.2, 0) is 6.18 Å². The van der Waals surface area contributed by atoms with E-state index in [1.54, 1.807) is 24.3 Å². The van der Waals surface area contributed by atoms with E-state index in [1.807, 2.05) is 6.07 Å². The van der Waals surface area contributed by atoms with Gasteiger partial charge in [0.1, 0.15) is 5.56 Å². The summed E-state index contributed by atoms with van der Waals surface area (Å²) in [5, 5.41) is 6.15. The standard InChI is InChI=1S/C17H11F3N2O2/c18-17(19,20)12-6-8-13(9-7-12)22-16(23)14-10-21-24-15(14)11-4-2-1-3-5-11/h1-10H,(H,22,23). The first-order valence-electron chi connectivity index (χ1n) is 6.94. The van der Waals surface area contributed by atoms with Gasteiger partial charge in [-0.25, -0.2) is 0 Å². The summed E-state index contributed by atoms with van der Waals surface area (Å²) < 4.78 is 42.7. The highest BCUT2D eigenvalue weighted by Crippen LogP contribution is 2.30. The number of amides is 1. The van der Waals surface area contributed by atoms with Crippen LogP contribution in [0.15, 0.2) is 65.3 Å². The number of rotatable bonds is 3. The molecule has 3 aromatic rings. The molecule has 0 aliphatic rings. The largest absolute Gasteiger partial charge is 0.416 e. The number of nitrogens with zero attached hydrogens (tertiary/aromatic N) is 1. The molecule has 0 atom stereocenters. The van der Waals surface area contributed by atoms with E-state index in [0.717, 1.165) is 12.1 Å². The average molecular weight is 332 g/mol. The van der Waals surface area contributed by atoms with Crippen LogP contribution in [0.25, 0.3) is 11.3 Å². The minimum absolute atomic E-state index is 0.195. The smallest absolute Gasteiger partial charge is 0.355 e. The minimum Gasteiger partial charge on any atom is -0.355 e. The van der Waals surface area contributed by atoms with Crippen LogP contribution in [0.2, 0.25) is 0 Å². The zero-order valence-corrected chi connectivity index (χ0v) is 12.2. The third kappa shape index (κ3) is 3.29. The Hall–Kier alpha value is -3.09. The van der Waals surface area contributed by atoms with Gasteiger partial charge in [0, 0.05) is 11.3 Å². The van der Waals surface area contributed by atoms with Gasteiger partial charge in [0.2, 0.25) is 0 Å². The molecular formula is C17H11F3N2O2. The number of hydrogen-bond acceptors (Lipinski definition) is 3. The Morgan fingerprint density at radius 1 is 1.00 bits per heavy atom. The minimum atomic E-state index is -4.42. The van der Waals surface area contributed by atoms with E-state index in [2.05, 4.69) is 10.5 Å². The molecule has 0 radical (unpaired) electrons. The lowest BCUT2D eigenvalue weighted by Crippen LogP contribution is -2.12. The third-order valence-electron chi connectivity index (χ3n) is 3.32. The highest BCUT2D eigenvalue weighted by Gasteiger charge is 2.30. The molecule has 2 aromatic carbocycles. The predicted octanol–water partition coefficient (Wildman–Crippen LogP) is 4.61. The van der Waals surface area contributed by atoms with Crippen molar-refractivity contribution in [3.8, 4) is 11.3 Å². The number of anilines is 1. The first kappa shape index (κ1) is 15.8. The van der Waals surface area contributed by atoms with Crippen molar-refractivity contribution in [2.24, 2.45) is 0 Å². The number of nitrogens with one attached hydrogen (secondary N) is 1. The maximum Gasteiger partial charge on any atom is 0.416 e. The lowest BCUT2D eigenvalue weighted by atomic mass is 10.1. The lowest BCUT2D eigenvalue weighted by molar-refractivity contribution is -0.137. The maximum absolute atomic E-state index is 12.5. The molecule has 1 heterocycles. The number of carbonyl (C=O) groups is 1. The molecule has 0 bridgehead atoms. The summed E-state index contributed by atoms with van der Waals surface area (Å²) in [4.78, 5) is 12.3. The van der Waals surface area contributed by atoms with Gasteiger partial charge in [0.15, 0.2) is 5.76 Å². The Kier molecular flexibility index (Phi) is 4.07. The summed E-state index contributed by atoms with van der Waals surface area (Å²) in [6.45, 7) is 0. The average Bonchev–Trinajstić information content (AvgIpc) is 3.05. The second-order valence-electron chi connectivity index (χ2n) is 4.96. The second-order valence-corrected chi connectivity index (χ2v) is 4.96. The van der Waals surface area contributed by atoms with Gasteiger partial charge in [-0.15, -0.1) is 0 Å². The van der Waals surface area contributed by atoms with Gasteiger partial charge in [-0.1, -0.05) is 35.5 Å². The van der Waals surface area contributed by atoms with Crippen molar-refractivity contribution < 1.29 is 22.5 Å². The fraction of sp³-hybridized carbons (Fsp3) is 0.0588. The van der Waals surface area contributed by atoms with E-state index < -0.39 is 17.6 Å². The molecule has 0 aliphatic carbocycles. The number of hydrogen-bond donors (Lipinski definition) is 1. The summed E-state index contributed by atoms with van der Waals surface area (Å²) in [5.74, 6) is -0.227. The third-order valence-corrected chi connectivity index (χ3v) is 3.32. The van der Waals surface area contributed by atoms with Gasteiger partial charge in [0.25, 0.3) is 5.91 Å². The van der Waals surface area contributed by atoms with Gasteiger partial charge < -0.3 is 9.84 Å². The first-order chi connectivity index (χ1) is 11.4. The fourth-order valence-electron chi connectivity index (χ4n) is 2.14. The number of benzene rings is 2. The number of halogens is 3. The molecule has 1 N–H and O–H groups in total. The number of carbonyl (C=O) groups excluding carboxylic acids is 1. The molecule has 7 heteroatoms. The normalized spacial score (nSPS) is 11.3. The molecule has 24 heavy (non-hydrogen) atoms. The van der Waals surface area contributed by atoms with Gasteiger partial charge >= 0.3 is 6.18 Å². The van der Waals surface area contributed by atoms with Crippen LogP contribution in [0.5, 0.6) is 0 Å². The summed E-state index contributed by atoms with van der Waals surface area (Å²) in [6, 6.07) is 13.1. The SMILES string of the molecule is O=C(Nc1ccc(C(F)(F)F)cc1)c1cnoc1-c1ccccc1. The summed E-state index contributed by atoms with van der Waals surface area (Å²) >= 11 is 0. The molecular weight excluding hydrogens is 321 g/mol. The molecule has 0 aliphatic heterocycles. The topological polar surface area (TPSA) is 55.1 Å². The first-order valence-corrected chi connectivity index (χ1v) is 6.94. The van der Waals surface area contributed by atoms with Gasteiger partial charge in [-0.05, 0) is 24.3 Å². The van der Waals surface area contributed by atoms with Crippen molar-refractivity contribution in [2.75, 3.05) is 5.32 Å². The zero-order valence-electron chi connectivity index (χ0n) is 12.2. The van der Waals surface area contributed by atoms with E-state index >= 15 is 0 Å². The number of alkyl halides is 3. The van der Waals surface area contributed by atoms with Gasteiger partial charge in [0.05, 0.1) is 11.8 Å². The predicted molar refractivity (Wildman–Crippen MR) is 81.3 cm³/mol. The Labute approximate surface area is 134 Å². The van der Waals surface area contributed by atoms with Crippen LogP contribution < -0.4 is 5.32 Å². The van der Waals surface area contributed by atoms with Crippen LogP contribution in [0.3, 0.4) is 0 Å². The van der Waals surface area contributed by atoms with Gasteiger partial charge in [-0.2, -0.15) is 13.2 Å². The summed E-state index contributed by atoms with van der Waals surface area (Å²) in [7, 11) is 0. The van der Waals surface area contributed by atoms with E-state index in [0.29, 0.717) is 11.3 Å². The molecule has 0 unspecified atom stereocenters. The Morgan fingerprint density at radius 3 is 2.29 bits per heavy atom. The maximum atomic E-state index is 12.5. The molecule has 0 spiro atoms. The lowest BCUT2D eigenvalue weighted by Gasteiger charge is -2.08. The number of aromatic nitrogens is 1. The summed E-state index contributed by atoms with van der Waals surface area (Å²) in [5.41, 5.74) is 0.331. The summed E-state index contributed by atoms with van der Waals surface area (Å²) in [6.07, 6.45) is -3.15. The second kappa shape index (κ2) is 6.19. The molecule has 1 aromatic heterocycles. The molecule has 0 fully saturated rings. The van der Waals surface area contributed by atoms with Crippen molar-refractivity contribution in [1.29, 1.82) is 0 Å². The molecule has 0 saturated heterocycles. The van der Waals surface area contributed by atoms with Crippen LogP contribution in [0.4, 0.5) is 18.9 Å². The molecule has 3 rings (SSSR count). The highest BCUT2D eigenvalue weighted by molar-refractivity contribution is 6.07. The zero-order chi connectivity index (χ0) is 17.2. The van der Waals surface area contributed by atoms with E-state index in [4.69, 9.17) is 4.52 Å². The van der Waals surface area contributed by atoms with Gasteiger partial charge in [-0.3, -0.25) is 4.79 Å². The fourth-order valence-corrected chi connectivity index (χ4v) is 2.14. The van der Waals surface area contributed by atoms with E-state index in [1.165, 1.54) is 18.3 Å². The van der Waals surface area contributed by atoms with Crippen LogP contribution in [0, 0.1) is 0 Å². The van der Waals surface area contributed by atoms with Crippen LogP contribution in [-0.4, -0.2) is 11.1 Å². The Bertz CT molecular complexity index is 840. The highest BCUT2D eigenvalue weighted by atomic mass is 19.4. The Balaban J connectivity index is 1.80. The van der Waals surface area contributed by atoms with Crippen molar-refractivity contribution in [1.82, 2.24) is 5.16 Å². The molecule has 0 saturated carbocycles. The molecule has 4 nitrogen and oxygen atoms in total. The monoisotopic (exact) mass is 332 g/mol. The van der Waals surface area contributed by atoms with Crippen molar-refractivity contribution in [2.45, 2.75) is 6.18 Å². The van der Waals surface area contributed by atoms with E-state index in [-0.39, 0.29) is 11.3 Å². The quantitative estimate of drug-likeness (QED) is 0.762. The molecule has 1 amide bonds. The van der Waals surface area contributed by atoms with Crippen molar-refractivity contribution in [3.05, 3.63) is 71.9 Å². The van der Waals surface area contributed by atoms with Crippen LogP contribution in [0.1, 0.15) is 15.9 Å². The van der Waals surface area contributed by atoms with Crippen molar-refractivity contribution >= 4 is 11.6 Å².